The number of hydrogen-bond acceptors (Lipinski definition) is 5. The first-order valence-electron chi connectivity index (χ1n) is 11.0. The molecule has 6 nitrogen and oxygen atoms in total. The molecule has 0 aliphatic carbocycles. The van der Waals surface area contributed by atoms with Crippen LogP contribution in [-0.2, 0) is 6.54 Å². The van der Waals surface area contributed by atoms with Gasteiger partial charge in [-0.1, -0.05) is 43.6 Å². The number of fused-ring (bicyclic) bond motifs is 1. The molecule has 34 heavy (non-hydrogen) atoms. The van der Waals surface area contributed by atoms with Crippen LogP contribution < -0.4 is 5.56 Å². The Labute approximate surface area is 201 Å². The standard InChI is InChI=1S/C26H24ClFN4O2/c1-3-31(4-2)16-18-8-7-10-22(29-18)24(33)15-25-30-21-13-12-17(28)14-19(21)26(34)32(25)23-11-6-5-9-20(23)27/h5-15,33H,3-4,16H2,1-2H3. The van der Waals surface area contributed by atoms with E-state index in [1.165, 1.54) is 22.8 Å². The van der Waals surface area contributed by atoms with E-state index in [0.29, 0.717) is 28.5 Å². The summed E-state index contributed by atoms with van der Waals surface area (Å²) in [5.41, 5.74) is 1.34. The molecule has 8 heteroatoms. The topological polar surface area (TPSA) is 71.2 Å². The van der Waals surface area contributed by atoms with Crippen molar-refractivity contribution in [2.45, 2.75) is 20.4 Å². The van der Waals surface area contributed by atoms with Gasteiger partial charge < -0.3 is 5.11 Å². The number of rotatable bonds is 7. The number of aliphatic hydroxyl groups excluding tert-OH is 1. The minimum Gasteiger partial charge on any atom is -0.506 e. The molecule has 0 amide bonds. The maximum Gasteiger partial charge on any atom is 0.266 e. The maximum atomic E-state index is 13.9. The molecule has 0 atom stereocenters. The van der Waals surface area contributed by atoms with Crippen molar-refractivity contribution in [2.24, 2.45) is 0 Å². The van der Waals surface area contributed by atoms with Gasteiger partial charge in [0.05, 0.1) is 27.3 Å². The molecule has 0 unspecified atom stereocenters. The van der Waals surface area contributed by atoms with E-state index >= 15 is 0 Å². The van der Waals surface area contributed by atoms with Crippen molar-refractivity contribution in [3.8, 4) is 5.69 Å². The summed E-state index contributed by atoms with van der Waals surface area (Å²) in [4.78, 5) is 24.7. The predicted molar refractivity (Wildman–Crippen MR) is 134 cm³/mol. The summed E-state index contributed by atoms with van der Waals surface area (Å²) in [7, 11) is 0. The lowest BCUT2D eigenvalue weighted by molar-refractivity contribution is 0.292. The van der Waals surface area contributed by atoms with Crippen LogP contribution in [0.15, 0.2) is 65.5 Å². The van der Waals surface area contributed by atoms with Crippen molar-refractivity contribution in [3.05, 3.63) is 99.1 Å². The maximum absolute atomic E-state index is 13.9. The molecular weight excluding hydrogens is 455 g/mol. The van der Waals surface area contributed by atoms with E-state index in [4.69, 9.17) is 11.6 Å². The number of aliphatic hydroxyl groups is 1. The quantitative estimate of drug-likeness (QED) is 0.356. The number of aromatic nitrogens is 3. The molecule has 4 rings (SSSR count). The van der Waals surface area contributed by atoms with Gasteiger partial charge in [-0.05, 0) is 55.6 Å². The molecule has 174 valence electrons. The molecule has 0 saturated carbocycles. The van der Waals surface area contributed by atoms with Gasteiger partial charge in [-0.15, -0.1) is 0 Å². The fourth-order valence-corrected chi connectivity index (χ4v) is 3.94. The number of para-hydroxylation sites is 1. The highest BCUT2D eigenvalue weighted by molar-refractivity contribution is 6.32. The second-order valence-electron chi connectivity index (χ2n) is 7.73. The van der Waals surface area contributed by atoms with E-state index in [9.17, 15) is 14.3 Å². The lowest BCUT2D eigenvalue weighted by Gasteiger charge is -2.17. The molecular formula is C26H24ClFN4O2. The van der Waals surface area contributed by atoms with E-state index in [2.05, 4.69) is 28.7 Å². The van der Waals surface area contributed by atoms with Crippen LogP contribution in [-0.4, -0.2) is 37.6 Å². The molecule has 2 aromatic carbocycles. The van der Waals surface area contributed by atoms with E-state index in [1.54, 1.807) is 30.3 Å². The van der Waals surface area contributed by atoms with Crippen molar-refractivity contribution < 1.29 is 9.50 Å². The largest absolute Gasteiger partial charge is 0.506 e. The summed E-state index contributed by atoms with van der Waals surface area (Å²) >= 11 is 6.37. The van der Waals surface area contributed by atoms with Crippen LogP contribution in [0.4, 0.5) is 4.39 Å². The zero-order valence-corrected chi connectivity index (χ0v) is 19.6. The SMILES string of the molecule is CCN(CC)Cc1cccc(C(O)=Cc2nc3ccc(F)cc3c(=O)n2-c2ccccc2Cl)n1. The average molecular weight is 479 g/mol. The Kier molecular flexibility index (Phi) is 7.05. The molecule has 0 radical (unpaired) electrons. The average Bonchev–Trinajstić information content (AvgIpc) is 2.84. The van der Waals surface area contributed by atoms with Crippen molar-refractivity contribution in [3.63, 3.8) is 0 Å². The summed E-state index contributed by atoms with van der Waals surface area (Å²) in [6, 6.07) is 16.0. The number of nitrogens with zero attached hydrogens (tertiary/aromatic N) is 4. The minimum absolute atomic E-state index is 0.107. The first-order chi connectivity index (χ1) is 16.4. The molecule has 0 fully saturated rings. The van der Waals surface area contributed by atoms with E-state index in [0.717, 1.165) is 24.8 Å². The monoisotopic (exact) mass is 478 g/mol. The number of pyridine rings is 1. The second-order valence-corrected chi connectivity index (χ2v) is 8.14. The van der Waals surface area contributed by atoms with Crippen molar-refractivity contribution in [1.82, 2.24) is 19.4 Å². The summed E-state index contributed by atoms with van der Waals surface area (Å²) in [6.45, 7) is 6.58. The van der Waals surface area contributed by atoms with Gasteiger partial charge in [0, 0.05) is 12.6 Å². The lowest BCUT2D eigenvalue weighted by Crippen LogP contribution is -2.23. The number of halogens is 2. The number of benzene rings is 2. The molecule has 2 heterocycles. The Hall–Kier alpha value is -3.55. The van der Waals surface area contributed by atoms with Crippen LogP contribution in [0.3, 0.4) is 0 Å². The molecule has 2 aromatic heterocycles. The van der Waals surface area contributed by atoms with Crippen LogP contribution in [0.2, 0.25) is 5.02 Å². The Bertz CT molecular complexity index is 1430. The van der Waals surface area contributed by atoms with E-state index in [1.807, 2.05) is 12.1 Å². The van der Waals surface area contributed by atoms with Crippen molar-refractivity contribution in [1.29, 1.82) is 0 Å². The van der Waals surface area contributed by atoms with Gasteiger partial charge in [-0.2, -0.15) is 0 Å². The van der Waals surface area contributed by atoms with Crippen LogP contribution in [0.25, 0.3) is 28.4 Å². The van der Waals surface area contributed by atoms with Gasteiger partial charge in [-0.25, -0.2) is 14.4 Å². The zero-order chi connectivity index (χ0) is 24.2. The summed E-state index contributed by atoms with van der Waals surface area (Å²) < 4.78 is 15.1. The fraction of sp³-hybridized carbons (Fsp3) is 0.192. The van der Waals surface area contributed by atoms with Gasteiger partial charge in [-0.3, -0.25) is 14.3 Å². The third-order valence-corrected chi connectivity index (χ3v) is 5.88. The lowest BCUT2D eigenvalue weighted by atomic mass is 10.2. The summed E-state index contributed by atoms with van der Waals surface area (Å²) in [5.74, 6) is -0.557. The minimum atomic E-state index is -0.544. The van der Waals surface area contributed by atoms with Crippen molar-refractivity contribution in [2.75, 3.05) is 13.1 Å². The highest BCUT2D eigenvalue weighted by Gasteiger charge is 2.16. The fourth-order valence-electron chi connectivity index (χ4n) is 3.72. The van der Waals surface area contributed by atoms with Crippen molar-refractivity contribution >= 4 is 34.3 Å². The third-order valence-electron chi connectivity index (χ3n) is 5.56. The Morgan fingerprint density at radius 2 is 1.85 bits per heavy atom. The van der Waals surface area contributed by atoms with Gasteiger partial charge in [0.15, 0.2) is 0 Å². The van der Waals surface area contributed by atoms with Gasteiger partial charge in [0.1, 0.15) is 23.1 Å². The molecule has 0 spiro atoms. The van der Waals surface area contributed by atoms with Crippen LogP contribution in [0.5, 0.6) is 0 Å². The normalized spacial score (nSPS) is 12.0. The second kappa shape index (κ2) is 10.2. The smallest absolute Gasteiger partial charge is 0.266 e. The zero-order valence-electron chi connectivity index (χ0n) is 18.9. The summed E-state index contributed by atoms with van der Waals surface area (Å²) in [5, 5.41) is 11.4. The van der Waals surface area contributed by atoms with Gasteiger partial charge >= 0.3 is 0 Å². The van der Waals surface area contributed by atoms with Crippen LogP contribution in [0.1, 0.15) is 31.1 Å². The van der Waals surface area contributed by atoms with E-state index in [-0.39, 0.29) is 17.0 Å². The van der Waals surface area contributed by atoms with E-state index < -0.39 is 11.4 Å². The highest BCUT2D eigenvalue weighted by Crippen LogP contribution is 2.23. The Balaban J connectivity index is 1.87. The Morgan fingerprint density at radius 1 is 1.09 bits per heavy atom. The third kappa shape index (κ3) is 4.85. The molecule has 0 bridgehead atoms. The number of hydrogen-bond donors (Lipinski definition) is 1. The van der Waals surface area contributed by atoms with Gasteiger partial charge in [0.25, 0.3) is 5.56 Å². The summed E-state index contributed by atoms with van der Waals surface area (Å²) in [6.07, 6.45) is 1.37. The van der Waals surface area contributed by atoms with Crippen LogP contribution >= 0.6 is 11.6 Å². The molecule has 1 N–H and O–H groups in total. The Morgan fingerprint density at radius 3 is 2.59 bits per heavy atom. The van der Waals surface area contributed by atoms with Gasteiger partial charge in [0.2, 0.25) is 0 Å². The molecule has 0 saturated heterocycles. The molecule has 0 aliphatic heterocycles. The first kappa shape index (κ1) is 23.6. The van der Waals surface area contributed by atoms with Crippen LogP contribution in [0, 0.1) is 5.82 Å². The first-order valence-corrected chi connectivity index (χ1v) is 11.4. The highest BCUT2D eigenvalue weighted by atomic mass is 35.5. The molecule has 4 aromatic rings. The molecule has 0 aliphatic rings. The predicted octanol–water partition coefficient (Wildman–Crippen LogP) is 5.47.